The molecule has 3 heteroatoms. The molecule has 0 aliphatic rings. The highest BCUT2D eigenvalue weighted by Crippen LogP contribution is 2.26. The van der Waals surface area contributed by atoms with Gasteiger partial charge in [-0.15, -0.1) is 0 Å². The molecule has 3 rings (SSSR count). The smallest absolute Gasteiger partial charge is 0.0928 e. The molecule has 0 N–H and O–H groups in total. The van der Waals surface area contributed by atoms with E-state index in [0.29, 0.717) is 0 Å². The average Bonchev–Trinajstić information content (AvgIpc) is 2.76. The molecule has 94 valence electrons. The molecule has 19 heavy (non-hydrogen) atoms. The third kappa shape index (κ3) is 2.10. The number of fused-ring (bicyclic) bond motifs is 1. The zero-order valence-electron chi connectivity index (χ0n) is 10.6. The minimum atomic E-state index is 0.906. The summed E-state index contributed by atoms with van der Waals surface area (Å²) in [5, 5.41) is 5.75. The van der Waals surface area contributed by atoms with Crippen LogP contribution in [0.2, 0.25) is 0 Å². The molecule has 1 aromatic heterocycles. The number of hydrogen-bond donors (Lipinski definition) is 0. The van der Waals surface area contributed by atoms with Crippen LogP contribution in [0, 0.1) is 6.92 Å². The molecule has 0 bridgehead atoms. The fourth-order valence-electron chi connectivity index (χ4n) is 2.22. The Labute approximate surface area is 120 Å². The maximum Gasteiger partial charge on any atom is 0.0928 e. The van der Waals surface area contributed by atoms with Crippen molar-refractivity contribution in [3.8, 4) is 5.69 Å². The van der Waals surface area contributed by atoms with Gasteiger partial charge in [0.05, 0.1) is 16.9 Å². The lowest BCUT2D eigenvalue weighted by Gasteiger charge is -2.04. The van der Waals surface area contributed by atoms with Gasteiger partial charge in [0.1, 0.15) is 0 Å². The third-order valence-electron chi connectivity index (χ3n) is 3.11. The van der Waals surface area contributed by atoms with Crippen LogP contribution in [0.5, 0.6) is 0 Å². The summed E-state index contributed by atoms with van der Waals surface area (Å²) >= 11 is 3.52. The van der Waals surface area contributed by atoms with Crippen LogP contribution in [0.4, 0.5) is 0 Å². The van der Waals surface area contributed by atoms with E-state index in [0.717, 1.165) is 26.8 Å². The summed E-state index contributed by atoms with van der Waals surface area (Å²) in [7, 11) is 0. The highest BCUT2D eigenvalue weighted by molar-refractivity contribution is 9.10. The van der Waals surface area contributed by atoms with Gasteiger partial charge in [0.2, 0.25) is 0 Å². The maximum atomic E-state index is 4.64. The predicted molar refractivity (Wildman–Crippen MR) is 83.6 cm³/mol. The first-order valence-corrected chi connectivity index (χ1v) is 6.86. The van der Waals surface area contributed by atoms with Crippen molar-refractivity contribution >= 4 is 32.9 Å². The summed E-state index contributed by atoms with van der Waals surface area (Å²) in [6.07, 6.45) is 1.79. The van der Waals surface area contributed by atoms with Crippen molar-refractivity contribution in [3.63, 3.8) is 0 Å². The van der Waals surface area contributed by atoms with Crippen molar-refractivity contribution in [2.75, 3.05) is 0 Å². The van der Waals surface area contributed by atoms with Gasteiger partial charge in [-0.1, -0.05) is 34.6 Å². The van der Waals surface area contributed by atoms with Crippen LogP contribution >= 0.6 is 15.9 Å². The van der Waals surface area contributed by atoms with Crippen LogP contribution in [-0.2, 0) is 0 Å². The molecular formula is C16H13BrN2. The van der Waals surface area contributed by atoms with Gasteiger partial charge in [-0.3, -0.25) is 0 Å². The van der Waals surface area contributed by atoms with E-state index < -0.39 is 0 Å². The number of rotatable bonds is 2. The molecule has 3 aromatic rings. The van der Waals surface area contributed by atoms with Crippen LogP contribution in [0.25, 0.3) is 22.7 Å². The van der Waals surface area contributed by atoms with Crippen LogP contribution in [0.1, 0.15) is 11.3 Å². The van der Waals surface area contributed by atoms with E-state index in [4.69, 9.17) is 0 Å². The van der Waals surface area contributed by atoms with Gasteiger partial charge in [0.25, 0.3) is 0 Å². The molecule has 1 heterocycles. The van der Waals surface area contributed by atoms with Crippen molar-refractivity contribution in [2.24, 2.45) is 0 Å². The topological polar surface area (TPSA) is 17.8 Å². The van der Waals surface area contributed by atoms with Crippen molar-refractivity contribution in [2.45, 2.75) is 6.92 Å². The average molecular weight is 313 g/mol. The highest BCUT2D eigenvalue weighted by Gasteiger charge is 2.10. The Morgan fingerprint density at radius 3 is 2.79 bits per heavy atom. The zero-order chi connectivity index (χ0) is 13.4. The van der Waals surface area contributed by atoms with Gasteiger partial charge in [-0.2, -0.15) is 5.10 Å². The lowest BCUT2D eigenvalue weighted by atomic mass is 10.2. The number of halogens is 1. The molecular weight excluding hydrogens is 300 g/mol. The first kappa shape index (κ1) is 12.2. The molecule has 2 aromatic carbocycles. The second-order valence-electron chi connectivity index (χ2n) is 4.50. The Morgan fingerprint density at radius 2 is 2.05 bits per heavy atom. The lowest BCUT2D eigenvalue weighted by molar-refractivity contribution is 0.903. The summed E-state index contributed by atoms with van der Waals surface area (Å²) < 4.78 is 3.01. The van der Waals surface area contributed by atoms with Gasteiger partial charge < -0.3 is 0 Å². The molecule has 0 spiro atoms. The van der Waals surface area contributed by atoms with E-state index >= 15 is 0 Å². The Morgan fingerprint density at radius 1 is 1.21 bits per heavy atom. The van der Waals surface area contributed by atoms with Crippen LogP contribution < -0.4 is 0 Å². The van der Waals surface area contributed by atoms with Gasteiger partial charge in [0, 0.05) is 9.86 Å². The predicted octanol–water partition coefficient (Wildman–Crippen LogP) is 4.74. The fraction of sp³-hybridized carbons (Fsp3) is 0.0625. The third-order valence-corrected chi connectivity index (χ3v) is 3.60. The molecule has 2 nitrogen and oxygen atoms in total. The molecule has 0 radical (unpaired) electrons. The molecule has 0 aliphatic carbocycles. The minimum Gasteiger partial charge on any atom is -0.232 e. The number of hydrogen-bond acceptors (Lipinski definition) is 1. The van der Waals surface area contributed by atoms with Crippen molar-refractivity contribution < 1.29 is 0 Å². The standard InChI is InChI=1S/C16H13BrN2/c1-3-15-14-8-7-12(17)10-16(14)19(18-15)13-6-4-5-11(2)9-13/h3-10H,1H2,2H3. The molecule has 0 unspecified atom stereocenters. The normalized spacial score (nSPS) is 10.8. The monoisotopic (exact) mass is 312 g/mol. The van der Waals surface area contributed by atoms with Crippen molar-refractivity contribution in [1.82, 2.24) is 9.78 Å². The highest BCUT2D eigenvalue weighted by atomic mass is 79.9. The quantitative estimate of drug-likeness (QED) is 0.668. The molecule has 0 atom stereocenters. The van der Waals surface area contributed by atoms with E-state index in [1.54, 1.807) is 6.08 Å². The summed E-state index contributed by atoms with van der Waals surface area (Å²) in [5.41, 5.74) is 4.27. The maximum absolute atomic E-state index is 4.64. The number of aromatic nitrogens is 2. The van der Waals surface area contributed by atoms with Gasteiger partial charge in [0.15, 0.2) is 0 Å². The molecule has 0 saturated carbocycles. The van der Waals surface area contributed by atoms with Crippen LogP contribution in [0.3, 0.4) is 0 Å². The SMILES string of the molecule is C=Cc1nn(-c2cccc(C)c2)c2cc(Br)ccc12. The first-order chi connectivity index (χ1) is 9.19. The number of nitrogens with zero attached hydrogens (tertiary/aromatic N) is 2. The number of benzene rings is 2. The van der Waals surface area contributed by atoms with E-state index in [1.165, 1.54) is 5.56 Å². The van der Waals surface area contributed by atoms with E-state index in [2.05, 4.69) is 64.9 Å². The van der Waals surface area contributed by atoms with Crippen LogP contribution in [0.15, 0.2) is 53.5 Å². The lowest BCUT2D eigenvalue weighted by Crippen LogP contribution is -1.96. The summed E-state index contributed by atoms with van der Waals surface area (Å²) in [6.45, 7) is 5.92. The van der Waals surface area contributed by atoms with Gasteiger partial charge in [-0.05, 0) is 48.9 Å². The summed E-state index contributed by atoms with van der Waals surface area (Å²) in [6, 6.07) is 14.5. The second kappa shape index (κ2) is 4.67. The minimum absolute atomic E-state index is 0.906. The van der Waals surface area contributed by atoms with Crippen molar-refractivity contribution in [3.05, 3.63) is 64.8 Å². The van der Waals surface area contributed by atoms with Gasteiger partial charge in [-0.25, -0.2) is 4.68 Å². The van der Waals surface area contributed by atoms with E-state index in [9.17, 15) is 0 Å². The number of aryl methyl sites for hydroxylation is 1. The first-order valence-electron chi connectivity index (χ1n) is 6.07. The molecule has 0 amide bonds. The summed E-state index contributed by atoms with van der Waals surface area (Å²) in [5.74, 6) is 0. The Bertz CT molecular complexity index is 772. The van der Waals surface area contributed by atoms with E-state index in [1.807, 2.05) is 16.8 Å². The fourth-order valence-corrected chi connectivity index (χ4v) is 2.57. The Balaban J connectivity index is 2.34. The Hall–Kier alpha value is -1.87. The van der Waals surface area contributed by atoms with E-state index in [-0.39, 0.29) is 0 Å². The molecule has 0 saturated heterocycles. The second-order valence-corrected chi connectivity index (χ2v) is 5.42. The van der Waals surface area contributed by atoms with Gasteiger partial charge >= 0.3 is 0 Å². The van der Waals surface area contributed by atoms with Crippen LogP contribution in [-0.4, -0.2) is 9.78 Å². The Kier molecular flexibility index (Phi) is 2.99. The molecule has 0 fully saturated rings. The zero-order valence-corrected chi connectivity index (χ0v) is 12.2. The molecule has 0 aliphatic heterocycles. The van der Waals surface area contributed by atoms with Crippen molar-refractivity contribution in [1.29, 1.82) is 0 Å². The summed E-state index contributed by atoms with van der Waals surface area (Å²) in [4.78, 5) is 0. The largest absolute Gasteiger partial charge is 0.232 e.